The number of fused-ring (bicyclic) bond motifs is 1. The number of alkyl halides is 3. The molecule has 0 aliphatic rings. The normalized spacial score (nSPS) is 11.7. The van der Waals surface area contributed by atoms with E-state index >= 15 is 0 Å². The molecule has 2 heterocycles. The first-order valence-corrected chi connectivity index (χ1v) is 9.85. The smallest absolute Gasteiger partial charge is 0.425 e. The summed E-state index contributed by atoms with van der Waals surface area (Å²) in [6, 6.07) is 11.6. The Hall–Kier alpha value is -3.73. The fraction of sp³-hybridized carbons (Fsp3) is 0.190. The van der Waals surface area contributed by atoms with Crippen molar-refractivity contribution >= 4 is 22.8 Å². The maximum absolute atomic E-state index is 12.9. The number of rotatable bonds is 5. The summed E-state index contributed by atoms with van der Waals surface area (Å²) in [5.74, 6) is -0.491. The Morgan fingerprint density at radius 3 is 2.33 bits per heavy atom. The largest absolute Gasteiger partial charge is 0.573 e. The molecule has 0 saturated carbocycles. The first kappa shape index (κ1) is 22.5. The molecule has 0 N–H and O–H groups in total. The van der Waals surface area contributed by atoms with Gasteiger partial charge in [0.2, 0.25) is 0 Å². The molecule has 33 heavy (non-hydrogen) atoms. The van der Waals surface area contributed by atoms with Gasteiger partial charge in [0.25, 0.3) is 5.56 Å². The molecular weight excluding hydrogens is 465 g/mol. The summed E-state index contributed by atoms with van der Waals surface area (Å²) in [5.41, 5.74) is -0.287. The van der Waals surface area contributed by atoms with E-state index in [1.54, 1.807) is 24.3 Å². The molecule has 172 valence electrons. The lowest BCUT2D eigenvalue weighted by molar-refractivity contribution is -0.274. The summed E-state index contributed by atoms with van der Waals surface area (Å²) < 4.78 is 51.0. The van der Waals surface area contributed by atoms with Gasteiger partial charge in [0.15, 0.2) is 11.2 Å². The van der Waals surface area contributed by atoms with Crippen molar-refractivity contribution in [2.24, 2.45) is 14.1 Å². The number of ether oxygens (including phenoxy) is 2. The third-order valence-corrected chi connectivity index (χ3v) is 5.07. The molecule has 0 fully saturated rings. The van der Waals surface area contributed by atoms with E-state index in [1.165, 1.54) is 35.4 Å². The van der Waals surface area contributed by atoms with Gasteiger partial charge in [0.1, 0.15) is 11.5 Å². The zero-order chi connectivity index (χ0) is 23.9. The highest BCUT2D eigenvalue weighted by molar-refractivity contribution is 6.30. The molecule has 0 unspecified atom stereocenters. The Morgan fingerprint density at radius 1 is 1.00 bits per heavy atom. The predicted octanol–water partition coefficient (Wildman–Crippen LogP) is 3.83. The van der Waals surface area contributed by atoms with Crippen LogP contribution < -0.4 is 20.7 Å². The molecule has 0 bridgehead atoms. The molecule has 0 atom stereocenters. The molecule has 4 aromatic rings. The predicted molar refractivity (Wildman–Crippen MR) is 114 cm³/mol. The van der Waals surface area contributed by atoms with Crippen LogP contribution in [0.4, 0.5) is 13.2 Å². The Kier molecular flexibility index (Phi) is 5.66. The lowest BCUT2D eigenvalue weighted by atomic mass is 10.2. The van der Waals surface area contributed by atoms with E-state index in [9.17, 15) is 22.8 Å². The Morgan fingerprint density at radius 2 is 1.67 bits per heavy atom. The highest BCUT2D eigenvalue weighted by atomic mass is 35.5. The van der Waals surface area contributed by atoms with E-state index in [-0.39, 0.29) is 29.5 Å². The fourth-order valence-electron chi connectivity index (χ4n) is 3.26. The van der Waals surface area contributed by atoms with Crippen LogP contribution in [-0.2, 0) is 20.6 Å². The van der Waals surface area contributed by atoms with Gasteiger partial charge in [-0.2, -0.15) is 4.98 Å². The molecule has 0 spiro atoms. The molecule has 8 nitrogen and oxygen atoms in total. The van der Waals surface area contributed by atoms with Crippen LogP contribution in [0.1, 0.15) is 5.56 Å². The van der Waals surface area contributed by atoms with Gasteiger partial charge in [-0.3, -0.25) is 18.5 Å². The van der Waals surface area contributed by atoms with E-state index in [4.69, 9.17) is 16.3 Å². The van der Waals surface area contributed by atoms with Gasteiger partial charge in [-0.1, -0.05) is 29.8 Å². The molecule has 0 aliphatic carbocycles. The van der Waals surface area contributed by atoms with E-state index in [0.717, 1.165) is 22.3 Å². The van der Waals surface area contributed by atoms with Crippen LogP contribution in [-0.4, -0.2) is 25.0 Å². The SMILES string of the molecule is Cn1c(=O)c2c(nc(Oc3cccc(OC(F)(F)F)c3)n2Cc2ccc(Cl)cc2)n(C)c1=O. The molecule has 2 aromatic heterocycles. The maximum atomic E-state index is 12.9. The third kappa shape index (κ3) is 4.58. The zero-order valence-electron chi connectivity index (χ0n) is 17.3. The van der Waals surface area contributed by atoms with Gasteiger partial charge < -0.3 is 9.47 Å². The van der Waals surface area contributed by atoms with E-state index in [2.05, 4.69) is 9.72 Å². The van der Waals surface area contributed by atoms with Crippen LogP contribution in [0.15, 0.2) is 58.1 Å². The second kappa shape index (κ2) is 8.32. The summed E-state index contributed by atoms with van der Waals surface area (Å²) in [4.78, 5) is 29.6. The lowest BCUT2D eigenvalue weighted by Crippen LogP contribution is -2.37. The lowest BCUT2D eigenvalue weighted by Gasteiger charge is -2.12. The average molecular weight is 481 g/mol. The van der Waals surface area contributed by atoms with Gasteiger partial charge in [0, 0.05) is 25.2 Å². The second-order valence-corrected chi connectivity index (χ2v) is 7.55. The molecule has 2 aromatic carbocycles. The minimum Gasteiger partial charge on any atom is -0.425 e. The molecule has 0 aliphatic heterocycles. The van der Waals surface area contributed by atoms with Gasteiger partial charge in [-0.05, 0) is 29.8 Å². The summed E-state index contributed by atoms with van der Waals surface area (Å²) in [5, 5.41) is 0.519. The van der Waals surface area contributed by atoms with Crippen molar-refractivity contribution in [1.82, 2.24) is 18.7 Å². The molecule has 0 saturated heterocycles. The van der Waals surface area contributed by atoms with Crippen molar-refractivity contribution < 1.29 is 22.6 Å². The van der Waals surface area contributed by atoms with E-state index < -0.39 is 23.4 Å². The van der Waals surface area contributed by atoms with Crippen molar-refractivity contribution in [2.75, 3.05) is 0 Å². The van der Waals surface area contributed by atoms with Gasteiger partial charge in [0.05, 0.1) is 6.54 Å². The number of halogens is 4. The molecule has 12 heteroatoms. The number of hydrogen-bond donors (Lipinski definition) is 0. The van der Waals surface area contributed by atoms with Crippen molar-refractivity contribution in [2.45, 2.75) is 12.9 Å². The standard InChI is InChI=1S/C21H16ClF3N4O4/c1-27-17-16(18(30)28(2)20(27)31)29(11-12-6-8-13(22)9-7-12)19(26-17)32-14-4-3-5-15(10-14)33-21(23,24)25/h3-10H,11H2,1-2H3. The number of imidazole rings is 1. The highest BCUT2D eigenvalue weighted by Crippen LogP contribution is 2.30. The van der Waals surface area contributed by atoms with Crippen molar-refractivity contribution in [3.05, 3.63) is 80.0 Å². The van der Waals surface area contributed by atoms with E-state index in [1.807, 2.05) is 0 Å². The quantitative estimate of drug-likeness (QED) is 0.434. The second-order valence-electron chi connectivity index (χ2n) is 7.11. The van der Waals surface area contributed by atoms with Crippen molar-refractivity contribution in [1.29, 1.82) is 0 Å². The number of hydrogen-bond acceptors (Lipinski definition) is 5. The minimum atomic E-state index is -4.87. The van der Waals surface area contributed by atoms with Crippen LogP contribution in [0.5, 0.6) is 17.5 Å². The molecule has 0 radical (unpaired) electrons. The van der Waals surface area contributed by atoms with Crippen LogP contribution in [0.25, 0.3) is 11.2 Å². The number of aromatic nitrogens is 4. The van der Waals surface area contributed by atoms with Gasteiger partial charge in [-0.25, -0.2) is 4.79 Å². The number of benzene rings is 2. The number of aryl methyl sites for hydroxylation is 1. The van der Waals surface area contributed by atoms with Gasteiger partial charge in [-0.15, -0.1) is 13.2 Å². The average Bonchev–Trinajstić information content (AvgIpc) is 3.09. The monoisotopic (exact) mass is 480 g/mol. The Labute approximate surface area is 189 Å². The van der Waals surface area contributed by atoms with Crippen LogP contribution in [0.3, 0.4) is 0 Å². The minimum absolute atomic E-state index is 0.00811. The van der Waals surface area contributed by atoms with Gasteiger partial charge >= 0.3 is 18.1 Å². The van der Waals surface area contributed by atoms with Crippen molar-refractivity contribution in [3.63, 3.8) is 0 Å². The Bertz CT molecular complexity index is 1460. The first-order chi connectivity index (χ1) is 15.5. The van der Waals surface area contributed by atoms with Crippen molar-refractivity contribution in [3.8, 4) is 17.5 Å². The molecular formula is C21H16ClF3N4O4. The summed E-state index contributed by atoms with van der Waals surface area (Å²) in [6.07, 6.45) is -4.87. The summed E-state index contributed by atoms with van der Waals surface area (Å²) in [7, 11) is 2.79. The number of nitrogens with zero attached hydrogens (tertiary/aromatic N) is 4. The van der Waals surface area contributed by atoms with E-state index in [0.29, 0.717) is 5.02 Å². The molecule has 4 rings (SSSR count). The highest BCUT2D eigenvalue weighted by Gasteiger charge is 2.31. The first-order valence-electron chi connectivity index (χ1n) is 9.48. The van der Waals surface area contributed by atoms with Crippen LogP contribution in [0, 0.1) is 0 Å². The summed E-state index contributed by atoms with van der Waals surface area (Å²) in [6.45, 7) is 0.120. The Balaban J connectivity index is 1.85. The topological polar surface area (TPSA) is 80.3 Å². The van der Waals surface area contributed by atoms with Crippen LogP contribution >= 0.6 is 11.6 Å². The maximum Gasteiger partial charge on any atom is 0.573 e. The summed E-state index contributed by atoms with van der Waals surface area (Å²) >= 11 is 5.94. The zero-order valence-corrected chi connectivity index (χ0v) is 18.0. The molecule has 0 amide bonds. The third-order valence-electron chi connectivity index (χ3n) is 4.82. The fourth-order valence-corrected chi connectivity index (χ4v) is 3.39. The van der Waals surface area contributed by atoms with Crippen LogP contribution in [0.2, 0.25) is 5.02 Å².